The number of nitrogens with zero attached hydrogens (tertiary/aromatic N) is 4. The second-order valence-corrected chi connectivity index (χ2v) is 9.25. The molecule has 1 aliphatic heterocycles. The van der Waals surface area contributed by atoms with E-state index in [1.165, 1.54) is 5.56 Å². The molecule has 8 nitrogen and oxygen atoms in total. The van der Waals surface area contributed by atoms with Gasteiger partial charge in [-0.2, -0.15) is 5.10 Å². The van der Waals surface area contributed by atoms with Gasteiger partial charge < -0.3 is 9.64 Å². The monoisotopic (exact) mass is 476 g/mol. The van der Waals surface area contributed by atoms with E-state index in [-0.39, 0.29) is 11.6 Å². The summed E-state index contributed by atoms with van der Waals surface area (Å²) in [5.74, 6) is 1.57. The van der Waals surface area contributed by atoms with Crippen LogP contribution in [0.2, 0.25) is 0 Å². The summed E-state index contributed by atoms with van der Waals surface area (Å²) in [5.41, 5.74) is 3.93. The minimum atomic E-state index is -0.391. The maximum atomic E-state index is 13.0. The van der Waals surface area contributed by atoms with E-state index < -0.39 is 4.92 Å². The number of carbonyl (C=O) groups is 1. The molecule has 0 radical (unpaired) electrons. The Hall–Kier alpha value is -3.68. The number of piperidine rings is 1. The molecule has 0 aliphatic carbocycles. The van der Waals surface area contributed by atoms with E-state index in [0.29, 0.717) is 29.4 Å². The van der Waals surface area contributed by atoms with E-state index in [9.17, 15) is 14.9 Å². The first-order valence-corrected chi connectivity index (χ1v) is 12.0. The summed E-state index contributed by atoms with van der Waals surface area (Å²) in [5, 5.41) is 15.5. The van der Waals surface area contributed by atoms with Crippen LogP contribution in [0.3, 0.4) is 0 Å². The topological polar surface area (TPSA) is 90.5 Å². The van der Waals surface area contributed by atoms with Gasteiger partial charge in [-0.15, -0.1) is 0 Å². The van der Waals surface area contributed by atoms with E-state index in [0.717, 1.165) is 50.1 Å². The summed E-state index contributed by atoms with van der Waals surface area (Å²) in [6.45, 7) is 5.34. The fraction of sp³-hybridized carbons (Fsp3) is 0.407. The van der Waals surface area contributed by atoms with Crippen molar-refractivity contribution in [2.45, 2.75) is 46.1 Å². The number of ether oxygens (including phenoxy) is 1. The molecule has 1 aromatic heterocycles. The Balaban J connectivity index is 1.28. The van der Waals surface area contributed by atoms with Crippen molar-refractivity contribution in [1.82, 2.24) is 14.7 Å². The number of carbonyl (C=O) groups excluding carboxylic acids is 1. The van der Waals surface area contributed by atoms with E-state index in [2.05, 4.69) is 17.2 Å². The van der Waals surface area contributed by atoms with Crippen LogP contribution in [0.5, 0.6) is 5.75 Å². The Bertz CT molecular complexity index is 1180. The molecule has 35 heavy (non-hydrogen) atoms. The summed E-state index contributed by atoms with van der Waals surface area (Å²) in [4.78, 5) is 25.8. The molecule has 1 amide bonds. The molecule has 4 rings (SSSR count). The van der Waals surface area contributed by atoms with Crippen LogP contribution in [0.15, 0.2) is 48.5 Å². The highest BCUT2D eigenvalue weighted by Crippen LogP contribution is 2.25. The third-order valence-corrected chi connectivity index (χ3v) is 6.96. The summed E-state index contributed by atoms with van der Waals surface area (Å²) in [6, 6.07) is 15.7. The lowest BCUT2D eigenvalue weighted by Crippen LogP contribution is -2.38. The zero-order valence-corrected chi connectivity index (χ0v) is 20.6. The molecule has 2 heterocycles. The van der Waals surface area contributed by atoms with Crippen molar-refractivity contribution in [2.24, 2.45) is 5.92 Å². The minimum absolute atomic E-state index is 0.0594. The fourth-order valence-corrected chi connectivity index (χ4v) is 4.80. The maximum Gasteiger partial charge on any atom is 0.312 e. The highest BCUT2D eigenvalue weighted by Gasteiger charge is 2.24. The van der Waals surface area contributed by atoms with Gasteiger partial charge in [0, 0.05) is 18.7 Å². The average Bonchev–Trinajstić information content (AvgIpc) is 3.16. The molecule has 3 aromatic rings. The third-order valence-electron chi connectivity index (χ3n) is 6.96. The molecule has 0 saturated carbocycles. The molecule has 0 spiro atoms. The first-order chi connectivity index (χ1) is 16.9. The van der Waals surface area contributed by atoms with E-state index in [1.807, 2.05) is 41.3 Å². The van der Waals surface area contributed by atoms with Gasteiger partial charge >= 0.3 is 5.69 Å². The molecule has 0 unspecified atom stereocenters. The lowest BCUT2D eigenvalue weighted by molar-refractivity contribution is -0.386. The maximum absolute atomic E-state index is 13.0. The zero-order valence-electron chi connectivity index (χ0n) is 20.6. The van der Waals surface area contributed by atoms with Gasteiger partial charge in [0.1, 0.15) is 17.1 Å². The lowest BCUT2D eigenvalue weighted by atomic mass is 9.90. The van der Waals surface area contributed by atoms with Crippen LogP contribution in [-0.2, 0) is 13.0 Å². The van der Waals surface area contributed by atoms with Crippen LogP contribution in [0.1, 0.15) is 52.1 Å². The summed E-state index contributed by atoms with van der Waals surface area (Å²) in [7, 11) is 1.68. The number of methoxy groups -OCH3 is 1. The summed E-state index contributed by atoms with van der Waals surface area (Å²) >= 11 is 0. The molecule has 1 saturated heterocycles. The van der Waals surface area contributed by atoms with Gasteiger partial charge in [-0.25, -0.2) is 0 Å². The van der Waals surface area contributed by atoms with Crippen LogP contribution in [0, 0.1) is 29.9 Å². The molecule has 0 bridgehead atoms. The van der Waals surface area contributed by atoms with Gasteiger partial charge in [0.2, 0.25) is 0 Å². The molecule has 8 heteroatoms. The number of aryl methyl sites for hydroxylation is 2. The highest BCUT2D eigenvalue weighted by molar-refractivity contribution is 5.94. The number of hydrogen-bond donors (Lipinski definition) is 0. The minimum Gasteiger partial charge on any atom is -0.497 e. The largest absolute Gasteiger partial charge is 0.497 e. The standard InChI is InChI=1S/C27H32N4O4/c1-19-26(31(33)34)20(2)30(28-19)18-23-6-10-24(11-7-23)27(32)29-16-14-22(15-17-29)5-4-21-8-12-25(35-3)13-9-21/h6-13,22H,4-5,14-18H2,1-3H3. The Labute approximate surface area is 205 Å². The molecular formula is C27H32N4O4. The number of nitro groups is 1. The van der Waals surface area contributed by atoms with Crippen molar-refractivity contribution in [1.29, 1.82) is 0 Å². The normalized spacial score (nSPS) is 14.2. The number of benzene rings is 2. The van der Waals surface area contributed by atoms with Crippen molar-refractivity contribution >= 4 is 11.6 Å². The SMILES string of the molecule is COc1ccc(CCC2CCN(C(=O)c3ccc(Cn4nc(C)c([N+](=O)[O-])c4C)cc3)CC2)cc1. The Kier molecular flexibility index (Phi) is 7.48. The molecule has 1 fully saturated rings. The Morgan fingerprint density at radius 3 is 2.26 bits per heavy atom. The van der Waals surface area contributed by atoms with Crippen molar-refractivity contribution in [3.63, 3.8) is 0 Å². The molecule has 2 aromatic carbocycles. The number of amides is 1. The van der Waals surface area contributed by atoms with Crippen LogP contribution in [0.25, 0.3) is 0 Å². The van der Waals surface area contributed by atoms with Crippen molar-refractivity contribution in [3.05, 3.63) is 86.7 Å². The van der Waals surface area contributed by atoms with Gasteiger partial charge in [-0.1, -0.05) is 24.3 Å². The van der Waals surface area contributed by atoms with Crippen LogP contribution in [-0.4, -0.2) is 45.7 Å². The second-order valence-electron chi connectivity index (χ2n) is 9.25. The number of aromatic nitrogens is 2. The fourth-order valence-electron chi connectivity index (χ4n) is 4.80. The Morgan fingerprint density at radius 2 is 1.69 bits per heavy atom. The highest BCUT2D eigenvalue weighted by atomic mass is 16.6. The molecule has 0 atom stereocenters. The van der Waals surface area contributed by atoms with Crippen LogP contribution < -0.4 is 4.74 Å². The van der Waals surface area contributed by atoms with E-state index in [4.69, 9.17) is 4.74 Å². The number of rotatable bonds is 8. The van der Waals surface area contributed by atoms with E-state index >= 15 is 0 Å². The predicted molar refractivity (Wildman–Crippen MR) is 134 cm³/mol. The van der Waals surface area contributed by atoms with Crippen LogP contribution >= 0.6 is 0 Å². The predicted octanol–water partition coefficient (Wildman–Crippen LogP) is 4.95. The van der Waals surface area contributed by atoms with Crippen molar-refractivity contribution < 1.29 is 14.5 Å². The average molecular weight is 477 g/mol. The molecule has 0 N–H and O–H groups in total. The molecular weight excluding hydrogens is 444 g/mol. The quantitative estimate of drug-likeness (QED) is 0.339. The van der Waals surface area contributed by atoms with Crippen LogP contribution in [0.4, 0.5) is 5.69 Å². The third kappa shape index (κ3) is 5.70. The van der Waals surface area contributed by atoms with Crippen molar-refractivity contribution in [3.8, 4) is 5.75 Å². The molecule has 1 aliphatic rings. The first kappa shape index (κ1) is 24.4. The lowest BCUT2D eigenvalue weighted by Gasteiger charge is -2.32. The van der Waals surface area contributed by atoms with Gasteiger partial charge in [0.05, 0.1) is 18.6 Å². The number of hydrogen-bond acceptors (Lipinski definition) is 5. The number of likely N-dealkylation sites (tertiary alicyclic amines) is 1. The Morgan fingerprint density at radius 1 is 1.06 bits per heavy atom. The molecule has 184 valence electrons. The second kappa shape index (κ2) is 10.7. The van der Waals surface area contributed by atoms with Gasteiger partial charge in [0.15, 0.2) is 0 Å². The van der Waals surface area contributed by atoms with Gasteiger partial charge in [-0.3, -0.25) is 19.6 Å². The zero-order chi connectivity index (χ0) is 24.9. The first-order valence-electron chi connectivity index (χ1n) is 12.0. The van der Waals surface area contributed by atoms with Crippen molar-refractivity contribution in [2.75, 3.05) is 20.2 Å². The summed E-state index contributed by atoms with van der Waals surface area (Å²) in [6.07, 6.45) is 4.23. The van der Waals surface area contributed by atoms with E-state index in [1.54, 1.807) is 25.6 Å². The summed E-state index contributed by atoms with van der Waals surface area (Å²) < 4.78 is 6.86. The van der Waals surface area contributed by atoms with Gasteiger partial charge in [0.25, 0.3) is 5.91 Å². The smallest absolute Gasteiger partial charge is 0.312 e. The van der Waals surface area contributed by atoms with Gasteiger partial charge in [-0.05, 0) is 80.8 Å².